The highest BCUT2D eigenvalue weighted by Gasteiger charge is 2.33. The smallest absolute Gasteiger partial charge is 0.229 e. The second-order valence-electron chi connectivity index (χ2n) is 8.96. The van der Waals surface area contributed by atoms with Gasteiger partial charge < -0.3 is 9.80 Å². The van der Waals surface area contributed by atoms with Crippen molar-refractivity contribution in [3.63, 3.8) is 0 Å². The van der Waals surface area contributed by atoms with Crippen LogP contribution >= 0.6 is 0 Å². The first-order valence-corrected chi connectivity index (χ1v) is 10.1. The normalized spacial score (nSPS) is 19.4. The first-order chi connectivity index (χ1) is 13.2. The number of para-hydroxylation sites is 1. The number of anilines is 1. The molecule has 6 heteroatoms. The molecule has 0 bridgehead atoms. The molecular formula is C22H31N3O3. The van der Waals surface area contributed by atoms with Gasteiger partial charge in [-0.25, -0.2) is 0 Å². The van der Waals surface area contributed by atoms with Crippen molar-refractivity contribution in [1.82, 2.24) is 9.80 Å². The fourth-order valence-electron chi connectivity index (χ4n) is 4.08. The molecule has 28 heavy (non-hydrogen) atoms. The van der Waals surface area contributed by atoms with Crippen molar-refractivity contribution in [2.45, 2.75) is 45.4 Å². The Morgan fingerprint density at radius 1 is 1.00 bits per heavy atom. The van der Waals surface area contributed by atoms with Crippen LogP contribution in [0.25, 0.3) is 0 Å². The van der Waals surface area contributed by atoms with E-state index in [1.165, 1.54) is 23.2 Å². The third kappa shape index (κ3) is 4.37. The maximum absolute atomic E-state index is 12.7. The molecule has 0 saturated carbocycles. The zero-order chi connectivity index (χ0) is 20.5. The molecule has 2 aliphatic heterocycles. The van der Waals surface area contributed by atoms with Crippen molar-refractivity contribution in [2.75, 3.05) is 38.1 Å². The number of carbonyl (C=O) groups is 3. The van der Waals surface area contributed by atoms with Gasteiger partial charge in [0, 0.05) is 58.2 Å². The Hall–Kier alpha value is -2.37. The maximum atomic E-state index is 12.7. The topological polar surface area (TPSA) is 60.9 Å². The first kappa shape index (κ1) is 20.4. The van der Waals surface area contributed by atoms with Gasteiger partial charge in [-0.15, -0.1) is 0 Å². The van der Waals surface area contributed by atoms with E-state index in [4.69, 9.17) is 0 Å². The van der Waals surface area contributed by atoms with E-state index in [1.54, 1.807) is 0 Å². The lowest BCUT2D eigenvalue weighted by molar-refractivity contribution is -0.148. The summed E-state index contributed by atoms with van der Waals surface area (Å²) < 4.78 is 0. The van der Waals surface area contributed by atoms with Gasteiger partial charge in [0.1, 0.15) is 0 Å². The number of piperazine rings is 1. The number of carbonyl (C=O) groups excluding carboxylic acids is 3. The number of piperidine rings is 1. The maximum Gasteiger partial charge on any atom is 0.229 e. The van der Waals surface area contributed by atoms with Crippen LogP contribution in [0.3, 0.4) is 0 Å². The minimum atomic E-state index is -0.183. The highest BCUT2D eigenvalue weighted by atomic mass is 16.2. The van der Waals surface area contributed by atoms with E-state index < -0.39 is 0 Å². The molecule has 0 radical (unpaired) electrons. The molecule has 2 saturated heterocycles. The van der Waals surface area contributed by atoms with Crippen molar-refractivity contribution in [2.24, 2.45) is 5.92 Å². The van der Waals surface area contributed by atoms with Crippen molar-refractivity contribution in [3.05, 3.63) is 29.8 Å². The third-order valence-corrected chi connectivity index (χ3v) is 5.82. The van der Waals surface area contributed by atoms with Crippen molar-refractivity contribution in [3.8, 4) is 0 Å². The number of hydrogen-bond acceptors (Lipinski definition) is 4. The molecule has 1 aromatic carbocycles. The quantitative estimate of drug-likeness (QED) is 0.750. The van der Waals surface area contributed by atoms with Crippen molar-refractivity contribution in [1.29, 1.82) is 0 Å². The van der Waals surface area contributed by atoms with Crippen molar-refractivity contribution < 1.29 is 14.4 Å². The van der Waals surface area contributed by atoms with Crippen LogP contribution in [0.15, 0.2) is 24.3 Å². The number of imide groups is 1. The van der Waals surface area contributed by atoms with Gasteiger partial charge in [-0.3, -0.25) is 19.3 Å². The number of amides is 3. The van der Waals surface area contributed by atoms with Crippen LogP contribution in [0.1, 0.15) is 45.6 Å². The lowest BCUT2D eigenvalue weighted by Crippen LogP contribution is -2.50. The molecule has 0 unspecified atom stereocenters. The Balaban J connectivity index is 1.58. The standard InChI is InChI=1S/C22H31N3O3/c1-22(2,3)17-7-5-6-8-18(17)24-9-11-25(12-10-24)21(28)15-16-13-19(26)23(4)20(27)14-16/h5-8,16H,9-15H2,1-4H3. The lowest BCUT2D eigenvalue weighted by Gasteiger charge is -2.39. The average Bonchev–Trinajstić information content (AvgIpc) is 2.65. The fraction of sp³-hybridized carbons (Fsp3) is 0.591. The van der Waals surface area contributed by atoms with Crippen LogP contribution < -0.4 is 4.90 Å². The van der Waals surface area contributed by atoms with Crippen LogP contribution in [-0.2, 0) is 19.8 Å². The number of likely N-dealkylation sites (tertiary alicyclic amines) is 1. The molecule has 152 valence electrons. The van der Waals surface area contributed by atoms with Gasteiger partial charge in [0.25, 0.3) is 0 Å². The molecule has 2 aliphatic rings. The molecule has 3 amide bonds. The third-order valence-electron chi connectivity index (χ3n) is 5.82. The van der Waals surface area contributed by atoms with E-state index in [2.05, 4.69) is 49.9 Å². The monoisotopic (exact) mass is 385 g/mol. The first-order valence-electron chi connectivity index (χ1n) is 10.1. The second kappa shape index (κ2) is 7.94. The van der Waals surface area contributed by atoms with Gasteiger partial charge in [0.2, 0.25) is 17.7 Å². The van der Waals surface area contributed by atoms with E-state index in [0.717, 1.165) is 13.1 Å². The zero-order valence-electron chi connectivity index (χ0n) is 17.4. The number of hydrogen-bond donors (Lipinski definition) is 0. The summed E-state index contributed by atoms with van der Waals surface area (Å²) in [6.07, 6.45) is 0.851. The molecule has 0 aromatic heterocycles. The van der Waals surface area contributed by atoms with Crippen molar-refractivity contribution >= 4 is 23.4 Å². The van der Waals surface area contributed by atoms with Crippen LogP contribution in [0.5, 0.6) is 0 Å². The highest BCUT2D eigenvalue weighted by Crippen LogP contribution is 2.32. The summed E-state index contributed by atoms with van der Waals surface area (Å²) in [6, 6.07) is 8.49. The van der Waals surface area contributed by atoms with E-state index >= 15 is 0 Å². The summed E-state index contributed by atoms with van der Waals surface area (Å²) in [4.78, 5) is 41.8. The summed E-state index contributed by atoms with van der Waals surface area (Å²) in [6.45, 7) is 9.59. The van der Waals surface area contributed by atoms with E-state index in [-0.39, 0.29) is 48.3 Å². The molecule has 2 fully saturated rings. The Morgan fingerprint density at radius 3 is 2.14 bits per heavy atom. The summed E-state index contributed by atoms with van der Waals surface area (Å²) in [5, 5.41) is 0. The van der Waals surface area contributed by atoms with E-state index in [9.17, 15) is 14.4 Å². The van der Waals surface area contributed by atoms with Gasteiger partial charge in [-0.05, 0) is 23.0 Å². The molecule has 0 N–H and O–H groups in total. The SMILES string of the molecule is CN1C(=O)CC(CC(=O)N2CCN(c3ccccc3C(C)(C)C)CC2)CC1=O. The van der Waals surface area contributed by atoms with Crippen LogP contribution in [0.4, 0.5) is 5.69 Å². The molecule has 2 heterocycles. The largest absolute Gasteiger partial charge is 0.368 e. The van der Waals surface area contributed by atoms with Crippen LogP contribution in [0.2, 0.25) is 0 Å². The van der Waals surface area contributed by atoms with E-state index in [0.29, 0.717) is 13.1 Å². The Morgan fingerprint density at radius 2 is 1.57 bits per heavy atom. The predicted molar refractivity (Wildman–Crippen MR) is 109 cm³/mol. The van der Waals surface area contributed by atoms with Gasteiger partial charge in [0.15, 0.2) is 0 Å². The lowest BCUT2D eigenvalue weighted by atomic mass is 9.85. The number of benzene rings is 1. The molecule has 6 nitrogen and oxygen atoms in total. The summed E-state index contributed by atoms with van der Waals surface area (Å²) >= 11 is 0. The molecule has 0 spiro atoms. The predicted octanol–water partition coefficient (Wildman–Crippen LogP) is 2.42. The number of nitrogens with zero attached hydrogens (tertiary/aromatic N) is 3. The summed E-state index contributed by atoms with van der Waals surface area (Å²) in [5.74, 6) is -0.474. The Kier molecular flexibility index (Phi) is 5.77. The van der Waals surface area contributed by atoms with E-state index in [1.807, 2.05) is 4.90 Å². The number of rotatable bonds is 3. The highest BCUT2D eigenvalue weighted by molar-refractivity contribution is 5.98. The van der Waals surface area contributed by atoms with Crippen LogP contribution in [0, 0.1) is 5.92 Å². The minimum Gasteiger partial charge on any atom is -0.368 e. The average molecular weight is 386 g/mol. The zero-order valence-corrected chi connectivity index (χ0v) is 17.4. The Bertz CT molecular complexity index is 743. The summed E-state index contributed by atoms with van der Waals surface area (Å²) in [5.41, 5.74) is 2.63. The minimum absolute atomic E-state index is 0.0545. The molecule has 0 aliphatic carbocycles. The molecule has 3 rings (SSSR count). The Labute approximate surface area is 167 Å². The molecule has 1 aromatic rings. The fourth-order valence-corrected chi connectivity index (χ4v) is 4.08. The second-order valence-corrected chi connectivity index (χ2v) is 8.96. The summed E-state index contributed by atoms with van der Waals surface area (Å²) in [7, 11) is 1.51. The van der Waals surface area contributed by atoms with Gasteiger partial charge >= 0.3 is 0 Å². The van der Waals surface area contributed by atoms with Gasteiger partial charge in [-0.2, -0.15) is 0 Å². The van der Waals surface area contributed by atoms with Gasteiger partial charge in [0.05, 0.1) is 0 Å². The molecule has 0 atom stereocenters. The van der Waals surface area contributed by atoms with Crippen LogP contribution in [-0.4, -0.2) is 60.7 Å². The molecular weight excluding hydrogens is 354 g/mol. The van der Waals surface area contributed by atoms with Gasteiger partial charge in [-0.1, -0.05) is 39.0 Å².